The van der Waals surface area contributed by atoms with E-state index in [-0.39, 0.29) is 20.9 Å². The predicted molar refractivity (Wildman–Crippen MR) is 77.4 cm³/mol. The number of halogens is 2. The van der Waals surface area contributed by atoms with Gasteiger partial charge in [0.15, 0.2) is 5.52 Å². The highest BCUT2D eigenvalue weighted by Gasteiger charge is 2.17. The molecule has 0 aliphatic heterocycles. The quantitative estimate of drug-likeness (QED) is 0.757. The molecule has 0 saturated carbocycles. The van der Waals surface area contributed by atoms with Crippen molar-refractivity contribution in [2.24, 2.45) is 0 Å². The van der Waals surface area contributed by atoms with Gasteiger partial charge >= 0.3 is 0 Å². The first-order valence-electron chi connectivity index (χ1n) is 5.66. The molecule has 0 radical (unpaired) electrons. The van der Waals surface area contributed by atoms with Gasteiger partial charge in [-0.3, -0.25) is 9.59 Å². The first-order valence-corrected chi connectivity index (χ1v) is 6.81. The van der Waals surface area contributed by atoms with Crippen molar-refractivity contribution in [3.63, 3.8) is 0 Å². The van der Waals surface area contributed by atoms with Gasteiger partial charge in [0, 0.05) is 5.69 Å². The zero-order chi connectivity index (χ0) is 15.0. The molecule has 0 unspecified atom stereocenters. The summed E-state index contributed by atoms with van der Waals surface area (Å²) >= 11 is 6.50. The van der Waals surface area contributed by atoms with Crippen LogP contribution in [0.3, 0.4) is 0 Å². The Morgan fingerprint density at radius 3 is 2.95 bits per heavy atom. The number of benzene rings is 1. The average Bonchev–Trinajstić information content (AvgIpc) is 2.88. The number of hydrogen-bond acceptors (Lipinski definition) is 5. The van der Waals surface area contributed by atoms with Crippen LogP contribution in [0.4, 0.5) is 10.1 Å². The third kappa shape index (κ3) is 2.50. The Hall–Kier alpha value is -2.32. The number of nitrogens with zero attached hydrogens (tertiary/aromatic N) is 2. The molecule has 2 heterocycles. The van der Waals surface area contributed by atoms with Crippen LogP contribution in [0.15, 0.2) is 29.3 Å². The van der Waals surface area contributed by atoms with Gasteiger partial charge < -0.3 is 10.3 Å². The van der Waals surface area contributed by atoms with Crippen LogP contribution in [0.2, 0.25) is 5.02 Å². The molecule has 0 aliphatic carbocycles. The second kappa shape index (κ2) is 5.23. The van der Waals surface area contributed by atoms with Crippen LogP contribution in [0.5, 0.6) is 0 Å². The molecule has 0 aliphatic rings. The number of H-pyrrole nitrogens is 1. The Kier molecular flexibility index (Phi) is 3.40. The molecule has 2 aromatic heterocycles. The van der Waals surface area contributed by atoms with E-state index in [2.05, 4.69) is 19.7 Å². The van der Waals surface area contributed by atoms with E-state index in [4.69, 9.17) is 11.6 Å². The maximum atomic E-state index is 13.1. The lowest BCUT2D eigenvalue weighted by Crippen LogP contribution is -2.12. The largest absolute Gasteiger partial charge is 0.321 e. The Morgan fingerprint density at radius 1 is 1.38 bits per heavy atom. The molecule has 0 spiro atoms. The van der Waals surface area contributed by atoms with E-state index >= 15 is 0 Å². The number of fused-ring (bicyclic) bond motifs is 1. The van der Waals surface area contributed by atoms with Crippen LogP contribution < -0.4 is 10.9 Å². The normalized spacial score (nSPS) is 10.8. The second-order valence-electron chi connectivity index (χ2n) is 4.02. The molecule has 3 rings (SSSR count). The Balaban J connectivity index is 1.95. The van der Waals surface area contributed by atoms with Crippen LogP contribution in [-0.2, 0) is 0 Å². The first-order chi connectivity index (χ1) is 10.1. The fourth-order valence-electron chi connectivity index (χ4n) is 1.69. The fraction of sp³-hybridized carbons (Fsp3) is 0. The van der Waals surface area contributed by atoms with E-state index in [1.807, 2.05) is 0 Å². The molecule has 21 heavy (non-hydrogen) atoms. The van der Waals surface area contributed by atoms with Gasteiger partial charge in [0.2, 0.25) is 0 Å². The summed E-state index contributed by atoms with van der Waals surface area (Å²) < 4.78 is 17.0. The van der Waals surface area contributed by atoms with Crippen molar-refractivity contribution in [2.75, 3.05) is 5.32 Å². The monoisotopic (exact) mass is 324 g/mol. The number of amides is 1. The molecule has 0 atom stereocenters. The lowest BCUT2D eigenvalue weighted by molar-refractivity contribution is 0.103. The van der Waals surface area contributed by atoms with Gasteiger partial charge in [0.05, 0.1) is 11.3 Å². The Labute approximate surface area is 125 Å². The molecular formula is C12H6ClFN4O2S. The Morgan fingerprint density at radius 2 is 2.19 bits per heavy atom. The zero-order valence-electron chi connectivity index (χ0n) is 10.2. The number of carbonyl (C=O) groups is 1. The standard InChI is InChI=1S/C12H6ClFN4O2S/c13-6-3-5(1-2-7(6)14)17-12(20)10-8-9(18-21-10)11(19)16-4-15-8/h1-4H,(H,17,20)(H,15,16,19). The summed E-state index contributed by atoms with van der Waals surface area (Å²) in [6, 6.07) is 3.81. The van der Waals surface area contributed by atoms with Crippen LogP contribution in [0, 0.1) is 5.82 Å². The van der Waals surface area contributed by atoms with Crippen LogP contribution in [-0.4, -0.2) is 20.2 Å². The van der Waals surface area contributed by atoms with Crippen molar-refractivity contribution >= 4 is 45.8 Å². The van der Waals surface area contributed by atoms with Gasteiger partial charge in [-0.15, -0.1) is 0 Å². The SMILES string of the molecule is O=C(Nc1ccc(F)c(Cl)c1)c1snc2c(=O)[nH]cnc12. The highest BCUT2D eigenvalue weighted by Crippen LogP contribution is 2.22. The maximum Gasteiger partial charge on any atom is 0.278 e. The van der Waals surface area contributed by atoms with Gasteiger partial charge in [0.1, 0.15) is 16.2 Å². The first kappa shape index (κ1) is 13.7. The highest BCUT2D eigenvalue weighted by molar-refractivity contribution is 7.09. The van der Waals surface area contributed by atoms with E-state index in [0.717, 1.165) is 17.6 Å². The lowest BCUT2D eigenvalue weighted by Gasteiger charge is -2.04. The van der Waals surface area contributed by atoms with E-state index in [1.165, 1.54) is 18.5 Å². The minimum Gasteiger partial charge on any atom is -0.321 e. The molecule has 2 N–H and O–H groups in total. The topological polar surface area (TPSA) is 87.7 Å². The van der Waals surface area contributed by atoms with Crippen molar-refractivity contribution in [2.45, 2.75) is 0 Å². The Bertz CT molecular complexity index is 908. The van der Waals surface area contributed by atoms with Crippen LogP contribution in [0.1, 0.15) is 9.67 Å². The molecule has 0 saturated heterocycles. The van der Waals surface area contributed by atoms with E-state index in [0.29, 0.717) is 5.69 Å². The number of carbonyl (C=O) groups excluding carboxylic acids is 1. The number of anilines is 1. The molecule has 106 valence electrons. The summed E-state index contributed by atoms with van der Waals surface area (Å²) in [4.78, 5) is 30.2. The third-order valence-electron chi connectivity index (χ3n) is 2.66. The molecule has 9 heteroatoms. The fourth-order valence-corrected chi connectivity index (χ4v) is 2.59. The minimum absolute atomic E-state index is 0.100. The summed E-state index contributed by atoms with van der Waals surface area (Å²) in [6.45, 7) is 0. The van der Waals surface area contributed by atoms with Gasteiger partial charge in [-0.05, 0) is 29.7 Å². The predicted octanol–water partition coefficient (Wildman–Crippen LogP) is 2.42. The van der Waals surface area contributed by atoms with E-state index in [1.54, 1.807) is 0 Å². The average molecular weight is 325 g/mol. The van der Waals surface area contributed by atoms with Crippen molar-refractivity contribution in [1.29, 1.82) is 0 Å². The number of aromatic nitrogens is 3. The summed E-state index contributed by atoms with van der Waals surface area (Å²) in [5.74, 6) is -1.07. The molecule has 3 aromatic rings. The number of aromatic amines is 1. The number of hydrogen-bond donors (Lipinski definition) is 2. The van der Waals surface area contributed by atoms with Crippen LogP contribution >= 0.6 is 23.1 Å². The molecule has 0 fully saturated rings. The molecular weight excluding hydrogens is 319 g/mol. The number of rotatable bonds is 2. The summed E-state index contributed by atoms with van der Waals surface area (Å²) in [5.41, 5.74) is 0.233. The van der Waals surface area contributed by atoms with Crippen LogP contribution in [0.25, 0.3) is 11.0 Å². The van der Waals surface area contributed by atoms with Crippen molar-refractivity contribution in [3.8, 4) is 0 Å². The van der Waals surface area contributed by atoms with Gasteiger partial charge in [-0.1, -0.05) is 11.6 Å². The summed E-state index contributed by atoms with van der Waals surface area (Å²) in [6.07, 6.45) is 1.20. The smallest absolute Gasteiger partial charge is 0.278 e. The summed E-state index contributed by atoms with van der Waals surface area (Å²) in [5, 5.41) is 2.45. The molecule has 1 aromatic carbocycles. The molecule has 6 nitrogen and oxygen atoms in total. The molecule has 0 bridgehead atoms. The van der Waals surface area contributed by atoms with E-state index < -0.39 is 17.3 Å². The maximum absolute atomic E-state index is 13.1. The number of nitrogens with one attached hydrogen (secondary N) is 2. The van der Waals surface area contributed by atoms with Gasteiger partial charge in [0.25, 0.3) is 11.5 Å². The van der Waals surface area contributed by atoms with Crippen molar-refractivity contribution < 1.29 is 9.18 Å². The van der Waals surface area contributed by atoms with Gasteiger partial charge in [-0.25, -0.2) is 9.37 Å². The van der Waals surface area contributed by atoms with Crippen molar-refractivity contribution in [1.82, 2.24) is 14.3 Å². The zero-order valence-corrected chi connectivity index (χ0v) is 11.8. The second-order valence-corrected chi connectivity index (χ2v) is 5.20. The summed E-state index contributed by atoms with van der Waals surface area (Å²) in [7, 11) is 0. The highest BCUT2D eigenvalue weighted by atomic mass is 35.5. The third-order valence-corrected chi connectivity index (χ3v) is 3.78. The molecule has 1 amide bonds. The lowest BCUT2D eigenvalue weighted by atomic mass is 10.3. The van der Waals surface area contributed by atoms with Crippen molar-refractivity contribution in [3.05, 3.63) is 50.6 Å². The van der Waals surface area contributed by atoms with Gasteiger partial charge in [-0.2, -0.15) is 4.37 Å². The minimum atomic E-state index is -0.578. The van der Waals surface area contributed by atoms with E-state index in [9.17, 15) is 14.0 Å².